The van der Waals surface area contributed by atoms with Gasteiger partial charge < -0.3 is 19.9 Å². The number of rotatable bonds is 5. The van der Waals surface area contributed by atoms with Crippen molar-refractivity contribution in [2.75, 3.05) is 33.3 Å². The van der Waals surface area contributed by atoms with Gasteiger partial charge in [0.1, 0.15) is 11.8 Å². The summed E-state index contributed by atoms with van der Waals surface area (Å²) in [5.74, 6) is 0.212. The highest BCUT2D eigenvalue weighted by Gasteiger charge is 2.28. The number of carbonyl (C=O) groups excluding carboxylic acids is 3. The first-order chi connectivity index (χ1) is 15.6. The van der Waals surface area contributed by atoms with Crippen LogP contribution in [0.25, 0.3) is 0 Å². The molecular weight excluding hydrogens is 418 g/mol. The topological polar surface area (TPSA) is 79.0 Å². The SMILES string of the molecule is COc1ccc(C(=O)N2CCN(C(=O)C(C)NC(=O)c3ccc(C(C)(C)C)cc3)CC2)cc1. The zero-order valence-corrected chi connectivity index (χ0v) is 20.1. The molecule has 0 saturated carbocycles. The molecule has 2 aromatic rings. The number of nitrogens with one attached hydrogen (secondary N) is 1. The summed E-state index contributed by atoms with van der Waals surface area (Å²) in [7, 11) is 1.58. The molecule has 0 aromatic heterocycles. The molecule has 1 saturated heterocycles. The van der Waals surface area contributed by atoms with Crippen LogP contribution in [0.5, 0.6) is 5.75 Å². The maximum absolute atomic E-state index is 12.9. The second kappa shape index (κ2) is 10.1. The van der Waals surface area contributed by atoms with Crippen LogP contribution in [-0.4, -0.2) is 66.9 Å². The van der Waals surface area contributed by atoms with Gasteiger partial charge in [-0.25, -0.2) is 0 Å². The number of ether oxygens (including phenoxy) is 1. The molecule has 1 unspecified atom stereocenters. The third-order valence-corrected chi connectivity index (χ3v) is 5.95. The van der Waals surface area contributed by atoms with Crippen molar-refractivity contribution in [1.82, 2.24) is 15.1 Å². The molecule has 1 atom stereocenters. The number of hydrogen-bond donors (Lipinski definition) is 1. The standard InChI is InChI=1S/C26H33N3O4/c1-18(27-23(30)19-6-10-21(11-7-19)26(2,3)4)24(31)28-14-16-29(17-15-28)25(32)20-8-12-22(33-5)13-9-20/h6-13,18H,14-17H2,1-5H3,(H,27,30). The minimum atomic E-state index is -0.649. The monoisotopic (exact) mass is 451 g/mol. The fraction of sp³-hybridized carbons (Fsp3) is 0.423. The normalized spacial score (nSPS) is 15.1. The Hall–Kier alpha value is -3.35. The number of hydrogen-bond acceptors (Lipinski definition) is 4. The molecule has 7 nitrogen and oxygen atoms in total. The lowest BCUT2D eigenvalue weighted by atomic mass is 9.86. The molecule has 2 aromatic carbocycles. The van der Waals surface area contributed by atoms with Crippen molar-refractivity contribution in [2.24, 2.45) is 0 Å². The number of nitrogens with zero attached hydrogens (tertiary/aromatic N) is 2. The molecule has 1 heterocycles. The van der Waals surface area contributed by atoms with E-state index in [-0.39, 0.29) is 23.1 Å². The molecule has 7 heteroatoms. The van der Waals surface area contributed by atoms with Gasteiger partial charge in [-0.3, -0.25) is 14.4 Å². The maximum atomic E-state index is 12.9. The van der Waals surface area contributed by atoms with Crippen LogP contribution in [-0.2, 0) is 10.2 Å². The summed E-state index contributed by atoms with van der Waals surface area (Å²) in [5.41, 5.74) is 2.27. The van der Waals surface area contributed by atoms with Crippen molar-refractivity contribution < 1.29 is 19.1 Å². The first kappa shape index (κ1) is 24.3. The minimum Gasteiger partial charge on any atom is -0.497 e. The van der Waals surface area contributed by atoms with E-state index in [0.717, 1.165) is 5.56 Å². The predicted molar refractivity (Wildman–Crippen MR) is 128 cm³/mol. The Kier molecular flexibility index (Phi) is 7.41. The second-order valence-corrected chi connectivity index (χ2v) is 9.37. The highest BCUT2D eigenvalue weighted by atomic mass is 16.5. The van der Waals surface area contributed by atoms with Gasteiger partial charge in [-0.05, 0) is 54.3 Å². The third-order valence-electron chi connectivity index (χ3n) is 5.95. The van der Waals surface area contributed by atoms with Gasteiger partial charge in [-0.15, -0.1) is 0 Å². The first-order valence-electron chi connectivity index (χ1n) is 11.2. The van der Waals surface area contributed by atoms with Crippen molar-refractivity contribution in [3.05, 3.63) is 65.2 Å². The van der Waals surface area contributed by atoms with Gasteiger partial charge >= 0.3 is 0 Å². The summed E-state index contributed by atoms with van der Waals surface area (Å²) < 4.78 is 5.13. The molecule has 1 fully saturated rings. The summed E-state index contributed by atoms with van der Waals surface area (Å²) >= 11 is 0. The minimum absolute atomic E-state index is 0.00909. The van der Waals surface area contributed by atoms with E-state index in [2.05, 4.69) is 26.1 Å². The smallest absolute Gasteiger partial charge is 0.253 e. The number of amides is 3. The predicted octanol–water partition coefficient (Wildman–Crippen LogP) is 3.10. The van der Waals surface area contributed by atoms with Crippen LogP contribution in [0.4, 0.5) is 0 Å². The molecule has 1 aliphatic heterocycles. The fourth-order valence-electron chi connectivity index (χ4n) is 3.78. The molecule has 0 radical (unpaired) electrons. The molecule has 0 aliphatic carbocycles. The summed E-state index contributed by atoms with van der Waals surface area (Å²) in [6.45, 7) is 9.81. The Morgan fingerprint density at radius 3 is 1.88 bits per heavy atom. The van der Waals surface area contributed by atoms with Crippen molar-refractivity contribution in [2.45, 2.75) is 39.2 Å². The third kappa shape index (κ3) is 5.92. The lowest BCUT2D eigenvalue weighted by molar-refractivity contribution is -0.134. The van der Waals surface area contributed by atoms with Crippen molar-refractivity contribution in [1.29, 1.82) is 0 Å². The summed E-state index contributed by atoms with van der Waals surface area (Å²) in [6.07, 6.45) is 0. The Bertz CT molecular complexity index is 986. The van der Waals surface area contributed by atoms with E-state index in [1.54, 1.807) is 60.2 Å². The van der Waals surface area contributed by atoms with Gasteiger partial charge in [0.15, 0.2) is 0 Å². The molecule has 3 rings (SSSR count). The maximum Gasteiger partial charge on any atom is 0.253 e. The average Bonchev–Trinajstić information content (AvgIpc) is 2.82. The highest BCUT2D eigenvalue weighted by molar-refractivity contribution is 5.97. The van der Waals surface area contributed by atoms with Crippen LogP contribution in [0.1, 0.15) is 54.0 Å². The van der Waals surface area contributed by atoms with Crippen LogP contribution in [0.2, 0.25) is 0 Å². The molecule has 176 valence electrons. The Morgan fingerprint density at radius 1 is 0.848 bits per heavy atom. The van der Waals surface area contributed by atoms with Crippen LogP contribution in [0.3, 0.4) is 0 Å². The lowest BCUT2D eigenvalue weighted by Gasteiger charge is -2.36. The quantitative estimate of drug-likeness (QED) is 0.758. The Balaban J connectivity index is 1.52. The van der Waals surface area contributed by atoms with Gasteiger partial charge in [-0.1, -0.05) is 32.9 Å². The number of benzene rings is 2. The van der Waals surface area contributed by atoms with E-state index in [1.807, 2.05) is 12.1 Å². The molecule has 1 N–H and O–H groups in total. The number of methoxy groups -OCH3 is 1. The summed E-state index contributed by atoms with van der Waals surface area (Å²) in [5, 5.41) is 2.80. The number of piperazine rings is 1. The van der Waals surface area contributed by atoms with Crippen LogP contribution in [0, 0.1) is 0 Å². The van der Waals surface area contributed by atoms with Gasteiger partial charge in [0.2, 0.25) is 5.91 Å². The second-order valence-electron chi connectivity index (χ2n) is 9.37. The van der Waals surface area contributed by atoms with Gasteiger partial charge in [0, 0.05) is 37.3 Å². The summed E-state index contributed by atoms with van der Waals surface area (Å²) in [6, 6.07) is 13.8. The van der Waals surface area contributed by atoms with E-state index < -0.39 is 6.04 Å². The zero-order valence-electron chi connectivity index (χ0n) is 20.1. The van der Waals surface area contributed by atoms with Crippen LogP contribution >= 0.6 is 0 Å². The van der Waals surface area contributed by atoms with Gasteiger partial charge in [0.25, 0.3) is 11.8 Å². The Labute approximate surface area is 195 Å². The van der Waals surface area contributed by atoms with Crippen molar-refractivity contribution in [3.63, 3.8) is 0 Å². The molecular formula is C26H33N3O4. The summed E-state index contributed by atoms with van der Waals surface area (Å²) in [4.78, 5) is 41.6. The largest absolute Gasteiger partial charge is 0.497 e. The van der Waals surface area contributed by atoms with Gasteiger partial charge in [-0.2, -0.15) is 0 Å². The van der Waals surface area contributed by atoms with Crippen LogP contribution < -0.4 is 10.1 Å². The van der Waals surface area contributed by atoms with Crippen molar-refractivity contribution >= 4 is 17.7 Å². The van der Waals surface area contributed by atoms with E-state index in [4.69, 9.17) is 4.74 Å². The highest BCUT2D eigenvalue weighted by Crippen LogP contribution is 2.22. The first-order valence-corrected chi connectivity index (χ1v) is 11.2. The fourth-order valence-corrected chi connectivity index (χ4v) is 3.78. The Morgan fingerprint density at radius 2 is 1.36 bits per heavy atom. The van der Waals surface area contributed by atoms with Gasteiger partial charge in [0.05, 0.1) is 7.11 Å². The molecule has 33 heavy (non-hydrogen) atoms. The number of carbonyl (C=O) groups is 3. The van der Waals surface area contributed by atoms with E-state index in [1.165, 1.54) is 0 Å². The van der Waals surface area contributed by atoms with E-state index in [9.17, 15) is 14.4 Å². The molecule has 0 spiro atoms. The average molecular weight is 452 g/mol. The molecule has 0 bridgehead atoms. The van der Waals surface area contributed by atoms with Crippen molar-refractivity contribution in [3.8, 4) is 5.75 Å². The lowest BCUT2D eigenvalue weighted by Crippen LogP contribution is -2.55. The van der Waals surface area contributed by atoms with E-state index >= 15 is 0 Å². The zero-order chi connectivity index (χ0) is 24.2. The van der Waals surface area contributed by atoms with Crippen LogP contribution in [0.15, 0.2) is 48.5 Å². The van der Waals surface area contributed by atoms with E-state index in [0.29, 0.717) is 43.1 Å². The molecule has 3 amide bonds. The molecule has 1 aliphatic rings.